The number of aryl methyl sites for hydroxylation is 2. The fraction of sp³-hybridized carbons (Fsp3) is 0.375. The molecule has 0 spiro atoms. The van der Waals surface area contributed by atoms with Crippen molar-refractivity contribution in [2.45, 2.75) is 26.8 Å². The Morgan fingerprint density at radius 3 is 2.81 bits per heavy atom. The second-order valence-electron chi connectivity index (χ2n) is 5.11. The maximum absolute atomic E-state index is 12.1. The molecule has 0 unspecified atom stereocenters. The number of hydrogen-bond acceptors (Lipinski definition) is 4. The van der Waals surface area contributed by atoms with Crippen LogP contribution < -0.4 is 16.0 Å². The number of benzene rings is 1. The molecule has 0 saturated carbocycles. The van der Waals surface area contributed by atoms with E-state index in [1.54, 1.807) is 6.20 Å². The lowest BCUT2D eigenvalue weighted by molar-refractivity contribution is 0.309. The Labute approximate surface area is 124 Å². The van der Waals surface area contributed by atoms with Gasteiger partial charge in [0.2, 0.25) is 0 Å². The molecule has 0 fully saturated rings. The van der Waals surface area contributed by atoms with Crippen LogP contribution in [0.5, 0.6) is 5.75 Å². The summed E-state index contributed by atoms with van der Waals surface area (Å²) < 4.78 is 6.86. The fourth-order valence-corrected chi connectivity index (χ4v) is 2.02. The van der Waals surface area contributed by atoms with E-state index < -0.39 is 0 Å². The molecule has 0 radical (unpaired) electrons. The molecule has 112 valence electrons. The predicted molar refractivity (Wildman–Crippen MR) is 82.7 cm³/mol. The van der Waals surface area contributed by atoms with Gasteiger partial charge in [0.15, 0.2) is 0 Å². The first-order chi connectivity index (χ1) is 10.1. The van der Waals surface area contributed by atoms with E-state index in [0.29, 0.717) is 25.4 Å². The highest BCUT2D eigenvalue weighted by molar-refractivity contribution is 5.30. The Hall–Kier alpha value is -2.14. The molecular weight excluding hydrogens is 266 g/mol. The largest absolute Gasteiger partial charge is 0.492 e. The van der Waals surface area contributed by atoms with Crippen molar-refractivity contribution < 1.29 is 4.74 Å². The van der Waals surface area contributed by atoms with Crippen LogP contribution in [0.15, 0.2) is 35.3 Å². The van der Waals surface area contributed by atoms with Crippen molar-refractivity contribution >= 4 is 0 Å². The van der Waals surface area contributed by atoms with Gasteiger partial charge in [0.05, 0.1) is 19.3 Å². The molecule has 0 saturated heterocycles. The number of hydrogen-bond donors (Lipinski definition) is 1. The summed E-state index contributed by atoms with van der Waals surface area (Å²) in [6.07, 6.45) is 2.33. The molecule has 0 aliphatic carbocycles. The maximum atomic E-state index is 12.1. The summed E-state index contributed by atoms with van der Waals surface area (Å²) in [5, 5.41) is 4.17. The molecule has 1 heterocycles. The zero-order valence-electron chi connectivity index (χ0n) is 12.5. The molecule has 1 aromatic heterocycles. The summed E-state index contributed by atoms with van der Waals surface area (Å²) in [5.74, 6) is 0.491. The van der Waals surface area contributed by atoms with E-state index in [2.05, 4.69) is 23.3 Å². The molecular formula is C16H21N3O2. The molecule has 1 aromatic carbocycles. The minimum atomic E-state index is -0.166. The lowest BCUT2D eigenvalue weighted by Crippen LogP contribution is -2.23. The third kappa shape index (κ3) is 4.16. The van der Waals surface area contributed by atoms with Crippen LogP contribution in [0, 0.1) is 13.8 Å². The fourth-order valence-electron chi connectivity index (χ4n) is 2.02. The van der Waals surface area contributed by atoms with Gasteiger partial charge >= 0.3 is 0 Å². The summed E-state index contributed by atoms with van der Waals surface area (Å²) in [5.41, 5.74) is 8.65. The lowest BCUT2D eigenvalue weighted by Gasteiger charge is -2.10. The Morgan fingerprint density at radius 1 is 1.29 bits per heavy atom. The monoisotopic (exact) mass is 287 g/mol. The Balaban J connectivity index is 2.14. The minimum absolute atomic E-state index is 0.166. The van der Waals surface area contributed by atoms with Crippen LogP contribution in [0.3, 0.4) is 0 Å². The molecule has 0 amide bonds. The molecule has 0 aliphatic rings. The summed E-state index contributed by atoms with van der Waals surface area (Å²) in [6.45, 7) is 5.60. The van der Waals surface area contributed by atoms with Crippen molar-refractivity contribution in [1.29, 1.82) is 0 Å². The summed E-state index contributed by atoms with van der Waals surface area (Å²) >= 11 is 0. The van der Waals surface area contributed by atoms with Crippen molar-refractivity contribution in [2.24, 2.45) is 5.73 Å². The lowest BCUT2D eigenvalue weighted by atomic mass is 10.1. The Kier molecular flexibility index (Phi) is 5.11. The zero-order valence-corrected chi connectivity index (χ0v) is 12.5. The van der Waals surface area contributed by atoms with Gasteiger partial charge < -0.3 is 10.5 Å². The first-order valence-corrected chi connectivity index (χ1v) is 7.06. The van der Waals surface area contributed by atoms with E-state index in [1.807, 2.05) is 13.8 Å². The van der Waals surface area contributed by atoms with E-state index in [9.17, 15) is 4.79 Å². The number of nitrogens with zero attached hydrogens (tertiary/aromatic N) is 2. The van der Waals surface area contributed by atoms with Crippen LogP contribution >= 0.6 is 0 Å². The predicted octanol–water partition coefficient (Wildman–Crippen LogP) is 1.64. The molecule has 0 atom stereocenters. The minimum Gasteiger partial charge on any atom is -0.492 e. The average molecular weight is 287 g/mol. The van der Waals surface area contributed by atoms with Crippen LogP contribution in [0.25, 0.3) is 0 Å². The molecule has 0 aliphatic heterocycles. The third-order valence-electron chi connectivity index (χ3n) is 3.29. The van der Waals surface area contributed by atoms with E-state index in [-0.39, 0.29) is 5.56 Å². The van der Waals surface area contributed by atoms with E-state index in [0.717, 1.165) is 17.5 Å². The third-order valence-corrected chi connectivity index (χ3v) is 3.29. The van der Waals surface area contributed by atoms with Gasteiger partial charge in [0.1, 0.15) is 5.75 Å². The van der Waals surface area contributed by atoms with Crippen LogP contribution in [0.1, 0.15) is 23.1 Å². The number of aromatic nitrogens is 2. The molecule has 21 heavy (non-hydrogen) atoms. The molecule has 0 bridgehead atoms. The number of ether oxygens (including phenoxy) is 1. The van der Waals surface area contributed by atoms with E-state index in [4.69, 9.17) is 10.5 Å². The zero-order chi connectivity index (χ0) is 15.2. The Morgan fingerprint density at radius 2 is 2.10 bits per heavy atom. The van der Waals surface area contributed by atoms with Crippen LogP contribution in [-0.2, 0) is 6.54 Å². The normalized spacial score (nSPS) is 10.6. The van der Waals surface area contributed by atoms with Crippen LogP contribution in [-0.4, -0.2) is 22.9 Å². The van der Waals surface area contributed by atoms with E-state index >= 15 is 0 Å². The van der Waals surface area contributed by atoms with Gasteiger partial charge in [-0.1, -0.05) is 23.8 Å². The quantitative estimate of drug-likeness (QED) is 0.820. The van der Waals surface area contributed by atoms with Gasteiger partial charge in [-0.25, -0.2) is 4.68 Å². The SMILES string of the molecule is Cc1ccc(C)c(Cn2ncc(OCCCN)cc2=O)c1. The van der Waals surface area contributed by atoms with Gasteiger partial charge in [-0.2, -0.15) is 5.10 Å². The second kappa shape index (κ2) is 7.04. The number of nitrogens with two attached hydrogens (primary N) is 1. The van der Waals surface area contributed by atoms with Gasteiger partial charge in [0.25, 0.3) is 5.56 Å². The standard InChI is InChI=1S/C16H21N3O2/c1-12-4-5-13(2)14(8-12)11-19-16(20)9-15(10-18-19)21-7-3-6-17/h4-5,8-10H,3,6-7,11,17H2,1-2H3. The van der Waals surface area contributed by atoms with Gasteiger partial charge in [-0.15, -0.1) is 0 Å². The van der Waals surface area contributed by atoms with Crippen molar-refractivity contribution in [3.8, 4) is 5.75 Å². The Bertz CT molecular complexity index is 665. The van der Waals surface area contributed by atoms with Crippen molar-refractivity contribution in [1.82, 2.24) is 9.78 Å². The first kappa shape index (κ1) is 15.3. The van der Waals surface area contributed by atoms with Crippen LogP contribution in [0.4, 0.5) is 0 Å². The maximum Gasteiger partial charge on any atom is 0.270 e. The molecule has 5 heteroatoms. The van der Waals surface area contributed by atoms with E-state index in [1.165, 1.54) is 16.3 Å². The smallest absolute Gasteiger partial charge is 0.270 e. The summed E-state index contributed by atoms with van der Waals surface area (Å²) in [4.78, 5) is 12.1. The highest BCUT2D eigenvalue weighted by Gasteiger charge is 2.05. The second-order valence-corrected chi connectivity index (χ2v) is 5.11. The first-order valence-electron chi connectivity index (χ1n) is 7.06. The molecule has 2 N–H and O–H groups in total. The summed E-state index contributed by atoms with van der Waals surface area (Å²) in [7, 11) is 0. The molecule has 5 nitrogen and oxygen atoms in total. The van der Waals surface area contributed by atoms with Crippen molar-refractivity contribution in [3.63, 3.8) is 0 Å². The van der Waals surface area contributed by atoms with Crippen molar-refractivity contribution in [3.05, 3.63) is 57.5 Å². The average Bonchev–Trinajstić information content (AvgIpc) is 2.46. The molecule has 2 rings (SSSR count). The summed E-state index contributed by atoms with van der Waals surface area (Å²) in [6, 6.07) is 7.66. The highest BCUT2D eigenvalue weighted by atomic mass is 16.5. The van der Waals surface area contributed by atoms with Crippen LogP contribution in [0.2, 0.25) is 0 Å². The van der Waals surface area contributed by atoms with Gasteiger partial charge in [-0.3, -0.25) is 4.79 Å². The van der Waals surface area contributed by atoms with Gasteiger partial charge in [-0.05, 0) is 37.9 Å². The topological polar surface area (TPSA) is 70.1 Å². The number of rotatable bonds is 6. The van der Waals surface area contributed by atoms with Crippen molar-refractivity contribution in [2.75, 3.05) is 13.2 Å². The highest BCUT2D eigenvalue weighted by Crippen LogP contribution is 2.12. The molecule has 2 aromatic rings. The van der Waals surface area contributed by atoms with Gasteiger partial charge in [0, 0.05) is 6.07 Å².